The third-order valence-electron chi connectivity index (χ3n) is 3.87. The van der Waals surface area contributed by atoms with Crippen LogP contribution in [0.1, 0.15) is 37.1 Å². The van der Waals surface area contributed by atoms with Gasteiger partial charge >= 0.3 is 0 Å². The molecule has 0 saturated carbocycles. The van der Waals surface area contributed by atoms with Crippen molar-refractivity contribution in [1.82, 2.24) is 9.88 Å². The summed E-state index contributed by atoms with van der Waals surface area (Å²) in [6.07, 6.45) is 2.48. The molecule has 0 unspecified atom stereocenters. The van der Waals surface area contributed by atoms with Gasteiger partial charge in [0.05, 0.1) is 15.2 Å². The van der Waals surface area contributed by atoms with Crippen LogP contribution in [0.25, 0.3) is 10.2 Å². The van der Waals surface area contributed by atoms with Gasteiger partial charge in [-0.1, -0.05) is 6.92 Å². The Morgan fingerprint density at radius 2 is 2.20 bits per heavy atom. The third kappa shape index (κ3) is 2.54. The second kappa shape index (κ2) is 5.48. The molecule has 20 heavy (non-hydrogen) atoms. The number of carbonyl (C=O) groups is 1. The largest absolute Gasteiger partial charge is 0.343 e. The van der Waals surface area contributed by atoms with Crippen LogP contribution in [0.2, 0.25) is 0 Å². The molecule has 0 atom stereocenters. The Morgan fingerprint density at radius 1 is 1.45 bits per heavy atom. The highest BCUT2D eigenvalue weighted by atomic mass is 32.1. The van der Waals surface area contributed by atoms with Crippen LogP contribution in [0, 0.1) is 5.82 Å². The number of fused-ring (bicyclic) bond motifs is 1. The Morgan fingerprint density at radius 3 is 2.90 bits per heavy atom. The summed E-state index contributed by atoms with van der Waals surface area (Å²) < 4.78 is 14.1. The van der Waals surface area contributed by atoms with Gasteiger partial charge < -0.3 is 4.90 Å². The lowest BCUT2D eigenvalue weighted by Crippen LogP contribution is -2.37. The third-order valence-corrected chi connectivity index (χ3v) is 5.05. The number of likely N-dealkylation sites (tertiary alicyclic amines) is 1. The number of hydrogen-bond acceptors (Lipinski definition) is 3. The minimum atomic E-state index is -0.212. The van der Waals surface area contributed by atoms with Gasteiger partial charge in [-0.25, -0.2) is 9.37 Å². The number of nitrogens with zero attached hydrogens (tertiary/aromatic N) is 2. The van der Waals surface area contributed by atoms with Gasteiger partial charge in [-0.3, -0.25) is 4.79 Å². The molecular formula is C15H17FN2OS. The number of benzene rings is 1. The molecule has 1 aliphatic rings. The quantitative estimate of drug-likeness (QED) is 0.848. The lowest BCUT2D eigenvalue weighted by molar-refractivity contribution is -0.131. The minimum absolute atomic E-state index is 0.212. The lowest BCUT2D eigenvalue weighted by Gasteiger charge is -2.30. The van der Waals surface area contributed by atoms with E-state index < -0.39 is 0 Å². The number of piperidine rings is 1. The predicted octanol–water partition coefficient (Wildman–Crippen LogP) is 3.55. The molecule has 1 aromatic carbocycles. The molecule has 1 fully saturated rings. The van der Waals surface area contributed by atoms with Crippen molar-refractivity contribution < 1.29 is 9.18 Å². The minimum Gasteiger partial charge on any atom is -0.343 e. The molecule has 1 amide bonds. The summed E-state index contributed by atoms with van der Waals surface area (Å²) >= 11 is 1.58. The summed E-state index contributed by atoms with van der Waals surface area (Å²) in [5, 5.41) is 1.08. The number of carbonyl (C=O) groups excluding carboxylic acids is 1. The molecule has 0 bridgehead atoms. The molecule has 1 aromatic heterocycles. The van der Waals surface area contributed by atoms with Crippen molar-refractivity contribution in [3.05, 3.63) is 29.0 Å². The van der Waals surface area contributed by atoms with Crippen LogP contribution < -0.4 is 0 Å². The standard InChI is InChI=1S/C15H17FN2OS/c1-2-14(19)18-7-5-10(6-8-18)15-17-12-4-3-11(16)9-13(12)20-15/h3-4,9-10H,2,5-8H2,1H3. The SMILES string of the molecule is CCC(=O)N1CCC(c2nc3ccc(F)cc3s2)CC1. The second-order valence-corrected chi connectivity index (χ2v) is 6.23. The van der Waals surface area contributed by atoms with Crippen LogP contribution in [0.3, 0.4) is 0 Å². The average Bonchev–Trinajstić information content (AvgIpc) is 2.89. The van der Waals surface area contributed by atoms with E-state index in [9.17, 15) is 9.18 Å². The van der Waals surface area contributed by atoms with E-state index in [1.54, 1.807) is 23.5 Å². The zero-order valence-corrected chi connectivity index (χ0v) is 12.3. The first-order valence-electron chi connectivity index (χ1n) is 7.01. The van der Waals surface area contributed by atoms with Crippen LogP contribution >= 0.6 is 11.3 Å². The smallest absolute Gasteiger partial charge is 0.222 e. The molecule has 2 aromatic rings. The zero-order valence-electron chi connectivity index (χ0n) is 11.4. The van der Waals surface area contributed by atoms with E-state index >= 15 is 0 Å². The summed E-state index contributed by atoms with van der Waals surface area (Å²) in [5.41, 5.74) is 0.874. The Bertz CT molecular complexity index is 632. The maximum atomic E-state index is 13.2. The summed E-state index contributed by atoms with van der Waals surface area (Å²) in [7, 11) is 0. The molecule has 3 rings (SSSR count). The highest BCUT2D eigenvalue weighted by molar-refractivity contribution is 7.18. The van der Waals surface area contributed by atoms with Crippen LogP contribution in [0.5, 0.6) is 0 Å². The number of thiazole rings is 1. The van der Waals surface area contributed by atoms with E-state index in [-0.39, 0.29) is 11.7 Å². The Balaban J connectivity index is 1.75. The fraction of sp³-hybridized carbons (Fsp3) is 0.467. The number of halogens is 1. The maximum Gasteiger partial charge on any atom is 0.222 e. The van der Waals surface area contributed by atoms with Gasteiger partial charge in [0.25, 0.3) is 0 Å². The van der Waals surface area contributed by atoms with Gasteiger partial charge in [-0.05, 0) is 31.0 Å². The average molecular weight is 292 g/mol. The first-order chi connectivity index (χ1) is 9.67. The Hall–Kier alpha value is -1.49. The van der Waals surface area contributed by atoms with Gasteiger partial charge in [-0.2, -0.15) is 0 Å². The molecule has 0 radical (unpaired) electrons. The molecule has 2 heterocycles. The summed E-state index contributed by atoms with van der Waals surface area (Å²) in [6.45, 7) is 3.51. The number of aromatic nitrogens is 1. The van der Waals surface area contributed by atoms with Crippen molar-refractivity contribution in [2.45, 2.75) is 32.1 Å². The van der Waals surface area contributed by atoms with Gasteiger partial charge in [0.1, 0.15) is 5.82 Å². The van der Waals surface area contributed by atoms with E-state index in [4.69, 9.17) is 0 Å². The van der Waals surface area contributed by atoms with Crippen molar-refractivity contribution in [3.8, 4) is 0 Å². The summed E-state index contributed by atoms with van der Waals surface area (Å²) in [5.74, 6) is 0.419. The molecule has 106 valence electrons. The number of rotatable bonds is 2. The summed E-state index contributed by atoms with van der Waals surface area (Å²) in [6, 6.07) is 4.74. The predicted molar refractivity (Wildman–Crippen MR) is 78.4 cm³/mol. The van der Waals surface area contributed by atoms with Crippen LogP contribution in [-0.4, -0.2) is 28.9 Å². The van der Waals surface area contributed by atoms with Crippen molar-refractivity contribution in [1.29, 1.82) is 0 Å². The second-order valence-electron chi connectivity index (χ2n) is 5.17. The van der Waals surface area contributed by atoms with E-state index in [1.165, 1.54) is 6.07 Å². The maximum absolute atomic E-state index is 13.2. The monoisotopic (exact) mass is 292 g/mol. The van der Waals surface area contributed by atoms with E-state index in [0.717, 1.165) is 41.2 Å². The van der Waals surface area contributed by atoms with Gasteiger partial charge in [0.15, 0.2) is 0 Å². The van der Waals surface area contributed by atoms with Crippen molar-refractivity contribution in [2.75, 3.05) is 13.1 Å². The van der Waals surface area contributed by atoms with Gasteiger partial charge in [0.2, 0.25) is 5.91 Å². The molecule has 1 aliphatic heterocycles. The molecule has 0 spiro atoms. The molecule has 1 saturated heterocycles. The molecule has 0 N–H and O–H groups in total. The summed E-state index contributed by atoms with van der Waals surface area (Å²) in [4.78, 5) is 18.2. The van der Waals surface area contributed by atoms with Crippen molar-refractivity contribution >= 4 is 27.5 Å². The normalized spacial score (nSPS) is 16.8. The van der Waals surface area contributed by atoms with Crippen molar-refractivity contribution in [3.63, 3.8) is 0 Å². The molecule has 3 nitrogen and oxygen atoms in total. The van der Waals surface area contributed by atoms with Crippen LogP contribution in [-0.2, 0) is 4.79 Å². The van der Waals surface area contributed by atoms with Crippen LogP contribution in [0.4, 0.5) is 4.39 Å². The Labute approximate surface area is 121 Å². The molecule has 5 heteroatoms. The van der Waals surface area contributed by atoms with Gasteiger partial charge in [0, 0.05) is 25.4 Å². The fourth-order valence-electron chi connectivity index (χ4n) is 2.69. The highest BCUT2D eigenvalue weighted by Gasteiger charge is 2.25. The fourth-order valence-corrected chi connectivity index (χ4v) is 3.85. The molecule has 0 aliphatic carbocycles. The number of amides is 1. The van der Waals surface area contributed by atoms with E-state index in [1.807, 2.05) is 11.8 Å². The lowest BCUT2D eigenvalue weighted by atomic mass is 9.97. The first kappa shape index (κ1) is 13.5. The first-order valence-corrected chi connectivity index (χ1v) is 7.82. The number of hydrogen-bond donors (Lipinski definition) is 0. The van der Waals surface area contributed by atoms with Gasteiger partial charge in [-0.15, -0.1) is 11.3 Å². The van der Waals surface area contributed by atoms with Crippen molar-refractivity contribution in [2.24, 2.45) is 0 Å². The van der Waals surface area contributed by atoms with Crippen LogP contribution in [0.15, 0.2) is 18.2 Å². The van der Waals surface area contributed by atoms with E-state index in [2.05, 4.69) is 4.98 Å². The van der Waals surface area contributed by atoms with E-state index in [0.29, 0.717) is 12.3 Å². The molecular weight excluding hydrogens is 275 g/mol. The highest BCUT2D eigenvalue weighted by Crippen LogP contribution is 2.34. The Kier molecular flexibility index (Phi) is 3.70. The zero-order chi connectivity index (χ0) is 14.1. The topological polar surface area (TPSA) is 33.2 Å².